The van der Waals surface area contributed by atoms with Crippen LogP contribution in [-0.2, 0) is 0 Å². The molecule has 0 radical (unpaired) electrons. The molecule has 1 rings (SSSR count). The highest BCUT2D eigenvalue weighted by Crippen LogP contribution is 2.36. The number of hydrogen-bond acceptors (Lipinski definition) is 1. The van der Waals surface area contributed by atoms with E-state index in [0.717, 1.165) is 23.2 Å². The van der Waals surface area contributed by atoms with Gasteiger partial charge in [-0.3, -0.25) is 0 Å². The highest BCUT2D eigenvalue weighted by molar-refractivity contribution is 14.1. The zero-order valence-electron chi connectivity index (χ0n) is 8.96. The Balaban J connectivity index is 2.59. The van der Waals surface area contributed by atoms with E-state index in [4.69, 9.17) is 5.11 Å². The van der Waals surface area contributed by atoms with Crippen LogP contribution in [0.5, 0.6) is 0 Å². The Bertz CT molecular complexity index is 219. The van der Waals surface area contributed by atoms with E-state index >= 15 is 0 Å². The molecular formula is C10H18INO2. The van der Waals surface area contributed by atoms with Crippen molar-refractivity contribution in [2.45, 2.75) is 45.2 Å². The molecule has 0 atom stereocenters. The minimum atomic E-state index is -0.783. The van der Waals surface area contributed by atoms with Crippen molar-refractivity contribution < 1.29 is 9.90 Å². The predicted molar refractivity (Wildman–Crippen MR) is 65.0 cm³/mol. The summed E-state index contributed by atoms with van der Waals surface area (Å²) in [6, 6.07) is 0.243. The lowest BCUT2D eigenvalue weighted by atomic mass is 9.79. The predicted octanol–water partition coefficient (Wildman–Crippen LogP) is 2.98. The van der Waals surface area contributed by atoms with Crippen LogP contribution in [0.25, 0.3) is 0 Å². The van der Waals surface area contributed by atoms with E-state index in [2.05, 4.69) is 22.6 Å². The van der Waals surface area contributed by atoms with Gasteiger partial charge in [0, 0.05) is 16.0 Å². The Hall–Kier alpha value is 0. The number of alkyl halides is 1. The molecule has 1 aliphatic carbocycles. The summed E-state index contributed by atoms with van der Waals surface area (Å²) in [4.78, 5) is 12.7. The van der Waals surface area contributed by atoms with Gasteiger partial charge in [-0.15, -0.1) is 0 Å². The van der Waals surface area contributed by atoms with E-state index in [1.165, 1.54) is 0 Å². The second kappa shape index (κ2) is 4.24. The van der Waals surface area contributed by atoms with Crippen molar-refractivity contribution in [1.29, 1.82) is 0 Å². The fourth-order valence-electron chi connectivity index (χ4n) is 2.03. The average Bonchev–Trinajstić information content (AvgIpc) is 1.91. The third-order valence-corrected chi connectivity index (χ3v) is 3.97. The molecule has 4 heteroatoms. The van der Waals surface area contributed by atoms with Gasteiger partial charge in [0.25, 0.3) is 0 Å². The van der Waals surface area contributed by atoms with Crippen LogP contribution in [0, 0.1) is 5.92 Å². The van der Waals surface area contributed by atoms with Crippen molar-refractivity contribution in [3.05, 3.63) is 0 Å². The molecule has 14 heavy (non-hydrogen) atoms. The van der Waals surface area contributed by atoms with E-state index in [-0.39, 0.29) is 11.6 Å². The summed E-state index contributed by atoms with van der Waals surface area (Å²) in [5, 5.41) is 9.13. The SMILES string of the molecule is CC(C)(C)N(C(=O)O)C1CC(CI)C1. The summed E-state index contributed by atoms with van der Waals surface area (Å²) < 4.78 is 1.14. The molecular weight excluding hydrogens is 293 g/mol. The molecule has 0 aliphatic heterocycles. The van der Waals surface area contributed by atoms with E-state index in [1.807, 2.05) is 20.8 Å². The Kier molecular flexibility index (Phi) is 3.66. The average molecular weight is 311 g/mol. The van der Waals surface area contributed by atoms with Gasteiger partial charge in [0.2, 0.25) is 0 Å². The maximum absolute atomic E-state index is 11.1. The first kappa shape index (κ1) is 12.1. The highest BCUT2D eigenvalue weighted by atomic mass is 127. The molecule has 0 aromatic heterocycles. The van der Waals surface area contributed by atoms with Crippen LogP contribution in [0.1, 0.15) is 33.6 Å². The third-order valence-electron chi connectivity index (χ3n) is 2.72. The maximum atomic E-state index is 11.1. The maximum Gasteiger partial charge on any atom is 0.407 e. The molecule has 1 amide bonds. The van der Waals surface area contributed by atoms with Gasteiger partial charge in [0.15, 0.2) is 0 Å². The van der Waals surface area contributed by atoms with Gasteiger partial charge in [0.05, 0.1) is 0 Å². The lowest BCUT2D eigenvalue weighted by Gasteiger charge is -2.47. The summed E-state index contributed by atoms with van der Waals surface area (Å²) in [5.74, 6) is 0.727. The number of nitrogens with zero attached hydrogens (tertiary/aromatic N) is 1. The van der Waals surface area contributed by atoms with Crippen molar-refractivity contribution in [3.8, 4) is 0 Å². The molecule has 82 valence electrons. The standard InChI is InChI=1S/C10H18INO2/c1-10(2,3)12(9(13)14)8-4-7(5-8)6-11/h7-8H,4-6H2,1-3H3,(H,13,14). The van der Waals surface area contributed by atoms with Crippen LogP contribution in [0.4, 0.5) is 4.79 Å². The lowest BCUT2D eigenvalue weighted by Crippen LogP contribution is -2.56. The van der Waals surface area contributed by atoms with Crippen LogP contribution in [0.2, 0.25) is 0 Å². The zero-order chi connectivity index (χ0) is 10.9. The number of carboxylic acid groups (broad SMARTS) is 1. The number of rotatable bonds is 2. The molecule has 1 N–H and O–H groups in total. The van der Waals surface area contributed by atoms with Crippen LogP contribution in [0.3, 0.4) is 0 Å². The van der Waals surface area contributed by atoms with Crippen LogP contribution >= 0.6 is 22.6 Å². The summed E-state index contributed by atoms with van der Waals surface area (Å²) in [6.07, 6.45) is 1.29. The van der Waals surface area contributed by atoms with Crippen molar-refractivity contribution in [2.75, 3.05) is 4.43 Å². The van der Waals surface area contributed by atoms with Gasteiger partial charge < -0.3 is 10.0 Å². The van der Waals surface area contributed by atoms with E-state index < -0.39 is 6.09 Å². The minimum Gasteiger partial charge on any atom is -0.465 e. The Labute approximate surface area is 99.0 Å². The first-order valence-electron chi connectivity index (χ1n) is 4.94. The summed E-state index contributed by atoms with van der Waals surface area (Å²) in [5.41, 5.74) is -0.271. The first-order valence-corrected chi connectivity index (χ1v) is 6.47. The van der Waals surface area contributed by atoms with Crippen LogP contribution < -0.4 is 0 Å². The summed E-state index contributed by atoms with van der Waals surface area (Å²) in [7, 11) is 0. The minimum absolute atomic E-state index is 0.243. The molecule has 0 aromatic rings. The van der Waals surface area contributed by atoms with Crippen molar-refractivity contribution in [3.63, 3.8) is 0 Å². The number of amides is 1. The molecule has 0 saturated heterocycles. The Morgan fingerprint density at radius 1 is 1.50 bits per heavy atom. The molecule has 0 unspecified atom stereocenters. The fourth-order valence-corrected chi connectivity index (χ4v) is 2.75. The number of carbonyl (C=O) groups is 1. The van der Waals surface area contributed by atoms with Gasteiger partial charge in [-0.25, -0.2) is 4.79 Å². The van der Waals surface area contributed by atoms with Crippen LogP contribution in [0.15, 0.2) is 0 Å². The summed E-state index contributed by atoms with van der Waals surface area (Å²) in [6.45, 7) is 5.87. The molecule has 0 bridgehead atoms. The highest BCUT2D eigenvalue weighted by Gasteiger charge is 2.40. The quantitative estimate of drug-likeness (QED) is 0.629. The molecule has 0 spiro atoms. The van der Waals surface area contributed by atoms with Gasteiger partial charge in [-0.1, -0.05) is 22.6 Å². The van der Waals surface area contributed by atoms with Crippen molar-refractivity contribution >= 4 is 28.7 Å². The number of hydrogen-bond donors (Lipinski definition) is 1. The molecule has 1 saturated carbocycles. The van der Waals surface area contributed by atoms with E-state index in [9.17, 15) is 4.79 Å². The smallest absolute Gasteiger partial charge is 0.407 e. The Morgan fingerprint density at radius 3 is 2.29 bits per heavy atom. The third kappa shape index (κ3) is 2.52. The van der Waals surface area contributed by atoms with E-state index in [0.29, 0.717) is 0 Å². The molecule has 0 aromatic carbocycles. The molecule has 0 heterocycles. The first-order chi connectivity index (χ1) is 6.36. The second-order valence-electron chi connectivity index (χ2n) is 4.97. The molecule has 1 fully saturated rings. The van der Waals surface area contributed by atoms with Crippen LogP contribution in [-0.4, -0.2) is 32.1 Å². The largest absolute Gasteiger partial charge is 0.465 e. The van der Waals surface area contributed by atoms with Crippen molar-refractivity contribution in [1.82, 2.24) is 4.90 Å². The number of halogens is 1. The van der Waals surface area contributed by atoms with Gasteiger partial charge in [0.1, 0.15) is 0 Å². The Morgan fingerprint density at radius 2 is 2.00 bits per heavy atom. The van der Waals surface area contributed by atoms with Crippen molar-refractivity contribution in [2.24, 2.45) is 5.92 Å². The normalized spacial score (nSPS) is 26.9. The topological polar surface area (TPSA) is 40.5 Å². The summed E-state index contributed by atoms with van der Waals surface area (Å²) >= 11 is 2.37. The lowest BCUT2D eigenvalue weighted by molar-refractivity contribution is 0.0244. The molecule has 3 nitrogen and oxygen atoms in total. The van der Waals surface area contributed by atoms with E-state index in [1.54, 1.807) is 4.90 Å². The zero-order valence-corrected chi connectivity index (χ0v) is 11.1. The van der Waals surface area contributed by atoms with Gasteiger partial charge >= 0.3 is 6.09 Å². The monoisotopic (exact) mass is 311 g/mol. The molecule has 1 aliphatic rings. The second-order valence-corrected chi connectivity index (χ2v) is 5.85. The van der Waals surface area contributed by atoms with Gasteiger partial charge in [-0.2, -0.15) is 0 Å². The van der Waals surface area contributed by atoms with Gasteiger partial charge in [-0.05, 0) is 39.5 Å². The fraction of sp³-hybridized carbons (Fsp3) is 0.900.